The number of carboxylic acid groups (broad SMARTS) is 1. The number of pyridine rings is 1. The van der Waals surface area contributed by atoms with Gasteiger partial charge < -0.3 is 14.4 Å². The van der Waals surface area contributed by atoms with Crippen molar-refractivity contribution in [1.29, 1.82) is 0 Å². The summed E-state index contributed by atoms with van der Waals surface area (Å²) in [5.74, 6) is 0.858. The molecule has 1 aliphatic carbocycles. The van der Waals surface area contributed by atoms with Crippen LogP contribution in [0.5, 0.6) is 5.75 Å². The summed E-state index contributed by atoms with van der Waals surface area (Å²) in [6, 6.07) is 28.0. The number of benzene rings is 3. The fraction of sp³-hybridized carbons (Fsp3) is 0.229. The third kappa shape index (κ3) is 5.56. The summed E-state index contributed by atoms with van der Waals surface area (Å²) >= 11 is 0. The topological polar surface area (TPSA) is 103 Å². The first-order valence-corrected chi connectivity index (χ1v) is 14.7. The van der Waals surface area contributed by atoms with E-state index in [-0.39, 0.29) is 5.92 Å². The van der Waals surface area contributed by atoms with E-state index in [2.05, 4.69) is 32.7 Å². The minimum Gasteiger partial charge on any atom is -0.487 e. The number of para-hydroxylation sites is 1. The number of carboxylic acids is 1. The minimum absolute atomic E-state index is 0.151. The van der Waals surface area contributed by atoms with Crippen molar-refractivity contribution in [2.45, 2.75) is 44.8 Å². The summed E-state index contributed by atoms with van der Waals surface area (Å²) < 4.78 is 8.34. The van der Waals surface area contributed by atoms with Crippen LogP contribution in [-0.4, -0.2) is 35.6 Å². The monoisotopic (exact) mass is 569 g/mol. The highest BCUT2D eigenvalue weighted by Crippen LogP contribution is 2.39. The summed E-state index contributed by atoms with van der Waals surface area (Å²) in [4.78, 5) is 30.8. The summed E-state index contributed by atoms with van der Waals surface area (Å²) in [5, 5.41) is 11.2. The van der Waals surface area contributed by atoms with Crippen LogP contribution in [-0.2, 0) is 17.9 Å². The number of hydrogen-bond acceptors (Lipinski definition) is 6. The lowest BCUT2D eigenvalue weighted by Gasteiger charge is -2.28. The average molecular weight is 570 g/mol. The molecular weight excluding hydrogens is 538 g/mol. The molecule has 214 valence electrons. The van der Waals surface area contributed by atoms with Gasteiger partial charge in [-0.05, 0) is 48.7 Å². The molecule has 8 heteroatoms. The molecule has 0 spiro atoms. The molecular formula is C35H31N5O3. The van der Waals surface area contributed by atoms with Crippen molar-refractivity contribution in [1.82, 2.24) is 24.5 Å². The van der Waals surface area contributed by atoms with Crippen LogP contribution < -0.4 is 4.74 Å². The molecule has 1 aliphatic rings. The van der Waals surface area contributed by atoms with Crippen molar-refractivity contribution in [3.8, 4) is 17.1 Å². The van der Waals surface area contributed by atoms with E-state index in [9.17, 15) is 9.90 Å². The van der Waals surface area contributed by atoms with Crippen molar-refractivity contribution in [3.63, 3.8) is 0 Å². The van der Waals surface area contributed by atoms with Crippen LogP contribution in [0.4, 0.5) is 0 Å². The zero-order valence-electron chi connectivity index (χ0n) is 23.6. The van der Waals surface area contributed by atoms with E-state index in [1.807, 2.05) is 60.7 Å². The number of hydrogen-bond donors (Lipinski definition) is 1. The van der Waals surface area contributed by atoms with E-state index in [1.54, 1.807) is 18.5 Å². The van der Waals surface area contributed by atoms with Gasteiger partial charge in [-0.15, -0.1) is 0 Å². The first-order chi connectivity index (χ1) is 21.1. The second kappa shape index (κ2) is 11.6. The second-order valence-corrected chi connectivity index (χ2v) is 11.1. The quantitative estimate of drug-likeness (QED) is 0.210. The van der Waals surface area contributed by atoms with Gasteiger partial charge >= 0.3 is 5.97 Å². The molecule has 43 heavy (non-hydrogen) atoms. The van der Waals surface area contributed by atoms with Crippen molar-refractivity contribution in [2.75, 3.05) is 0 Å². The molecule has 0 amide bonds. The van der Waals surface area contributed by atoms with E-state index < -0.39 is 11.9 Å². The Bertz CT molecular complexity index is 1900. The predicted octanol–water partition coefficient (Wildman–Crippen LogP) is 7.03. The fourth-order valence-electron chi connectivity index (χ4n) is 6.14. The zero-order chi connectivity index (χ0) is 29.2. The van der Waals surface area contributed by atoms with Crippen molar-refractivity contribution in [3.05, 3.63) is 114 Å². The standard InChI is InChI=1S/C35H31N5O3/c41-35(42)29-8-3-2-7-28(29)34-39-31-20-27(43-22-26-15-14-24-6-1-4-9-30(24)38-26)16-17-32(31)40(34)21-23-10-12-25(13-11-23)33-36-18-5-19-37-33/h1,4-6,9-20,28-29H,2-3,7-8,21-22H2,(H,41,42)/t28-,29+/m1/s1. The molecule has 1 saturated carbocycles. The molecule has 8 nitrogen and oxygen atoms in total. The maximum atomic E-state index is 12.3. The molecule has 1 N–H and O–H groups in total. The third-order valence-corrected chi connectivity index (χ3v) is 8.33. The van der Waals surface area contributed by atoms with Crippen LogP contribution in [0.25, 0.3) is 33.3 Å². The Morgan fingerprint density at radius 3 is 2.51 bits per heavy atom. The minimum atomic E-state index is -0.748. The molecule has 3 aromatic carbocycles. The van der Waals surface area contributed by atoms with Crippen LogP contribution in [0.2, 0.25) is 0 Å². The zero-order valence-corrected chi connectivity index (χ0v) is 23.6. The van der Waals surface area contributed by atoms with Gasteiger partial charge in [0.2, 0.25) is 0 Å². The van der Waals surface area contributed by atoms with Gasteiger partial charge in [0.05, 0.1) is 28.2 Å². The molecule has 3 heterocycles. The number of imidazole rings is 1. The van der Waals surface area contributed by atoms with Gasteiger partial charge in [-0.1, -0.05) is 61.4 Å². The molecule has 0 radical (unpaired) electrons. The van der Waals surface area contributed by atoms with E-state index in [4.69, 9.17) is 14.7 Å². The number of nitrogens with zero attached hydrogens (tertiary/aromatic N) is 5. The number of fused-ring (bicyclic) bond motifs is 2. The second-order valence-electron chi connectivity index (χ2n) is 11.1. The average Bonchev–Trinajstić information content (AvgIpc) is 3.41. The maximum Gasteiger partial charge on any atom is 0.307 e. The van der Waals surface area contributed by atoms with Crippen LogP contribution in [0.15, 0.2) is 97.3 Å². The smallest absolute Gasteiger partial charge is 0.307 e. The van der Waals surface area contributed by atoms with Crippen LogP contribution in [0, 0.1) is 5.92 Å². The Hall–Kier alpha value is -5.11. The first-order valence-electron chi connectivity index (χ1n) is 14.7. The molecule has 0 aliphatic heterocycles. The van der Waals surface area contributed by atoms with Crippen molar-refractivity contribution < 1.29 is 14.6 Å². The Morgan fingerprint density at radius 2 is 1.67 bits per heavy atom. The molecule has 0 saturated heterocycles. The summed E-state index contributed by atoms with van der Waals surface area (Å²) in [5.41, 5.74) is 5.57. The predicted molar refractivity (Wildman–Crippen MR) is 165 cm³/mol. The van der Waals surface area contributed by atoms with E-state index in [0.29, 0.717) is 31.1 Å². The van der Waals surface area contributed by atoms with Crippen LogP contribution in [0.3, 0.4) is 0 Å². The Balaban J connectivity index is 1.20. The summed E-state index contributed by atoms with van der Waals surface area (Å²) in [7, 11) is 0. The highest BCUT2D eigenvalue weighted by molar-refractivity contribution is 5.79. The SMILES string of the molecule is O=C(O)[C@H]1CCCC[C@H]1c1nc2cc(OCc3ccc4ccccc4n3)ccc2n1Cc1ccc(-c2ncccn2)cc1. The van der Waals surface area contributed by atoms with Gasteiger partial charge in [-0.25, -0.2) is 19.9 Å². The number of ether oxygens (including phenoxy) is 1. The maximum absolute atomic E-state index is 12.3. The molecule has 0 bridgehead atoms. The number of aromatic nitrogens is 5. The number of aliphatic carboxylic acids is 1. The van der Waals surface area contributed by atoms with E-state index in [1.165, 1.54) is 0 Å². The Morgan fingerprint density at radius 1 is 0.860 bits per heavy atom. The lowest BCUT2D eigenvalue weighted by molar-refractivity contribution is -0.143. The summed E-state index contributed by atoms with van der Waals surface area (Å²) in [6.07, 6.45) is 6.87. The van der Waals surface area contributed by atoms with E-state index >= 15 is 0 Å². The highest BCUT2D eigenvalue weighted by Gasteiger charge is 2.35. The molecule has 1 fully saturated rings. The normalized spacial score (nSPS) is 16.8. The van der Waals surface area contributed by atoms with Gasteiger partial charge in [-0.2, -0.15) is 0 Å². The van der Waals surface area contributed by atoms with Gasteiger partial charge in [-0.3, -0.25) is 4.79 Å². The van der Waals surface area contributed by atoms with Crippen molar-refractivity contribution in [2.24, 2.45) is 5.92 Å². The lowest BCUT2D eigenvalue weighted by Crippen LogP contribution is -2.27. The number of carbonyl (C=O) groups is 1. The van der Waals surface area contributed by atoms with Crippen LogP contribution in [0.1, 0.15) is 48.7 Å². The molecule has 3 aromatic heterocycles. The molecule has 0 unspecified atom stereocenters. The molecule has 7 rings (SSSR count). The van der Waals surface area contributed by atoms with Crippen LogP contribution >= 0.6 is 0 Å². The van der Waals surface area contributed by atoms with Crippen molar-refractivity contribution >= 4 is 27.9 Å². The Kier molecular flexibility index (Phi) is 7.25. The molecule has 2 atom stereocenters. The van der Waals surface area contributed by atoms with Gasteiger partial charge in [0.25, 0.3) is 0 Å². The fourth-order valence-corrected chi connectivity index (χ4v) is 6.14. The lowest BCUT2D eigenvalue weighted by atomic mass is 9.78. The largest absolute Gasteiger partial charge is 0.487 e. The van der Waals surface area contributed by atoms with Gasteiger partial charge in [0.15, 0.2) is 5.82 Å². The molecule has 6 aromatic rings. The third-order valence-electron chi connectivity index (χ3n) is 8.33. The number of rotatable bonds is 8. The summed E-state index contributed by atoms with van der Waals surface area (Å²) in [6.45, 7) is 0.914. The van der Waals surface area contributed by atoms with Gasteiger partial charge in [0, 0.05) is 41.9 Å². The Labute approximate surface area is 249 Å². The van der Waals surface area contributed by atoms with E-state index in [0.717, 1.165) is 63.8 Å². The first kappa shape index (κ1) is 26.8. The highest BCUT2D eigenvalue weighted by atomic mass is 16.5. The van der Waals surface area contributed by atoms with Gasteiger partial charge in [0.1, 0.15) is 18.2 Å².